The number of nitrogens with one attached hydrogen (secondary N) is 1. The van der Waals surface area contributed by atoms with E-state index in [1.165, 1.54) is 39.5 Å². The van der Waals surface area contributed by atoms with Gasteiger partial charge in [0.1, 0.15) is 23.7 Å². The average Bonchev–Trinajstić information content (AvgIpc) is 2.92. The molecule has 208 valence electrons. The lowest BCUT2D eigenvalue weighted by Gasteiger charge is -2.28. The van der Waals surface area contributed by atoms with Crippen molar-refractivity contribution >= 4 is 87.0 Å². The number of carbonyl (C=O) groups is 3. The van der Waals surface area contributed by atoms with Crippen molar-refractivity contribution in [2.24, 2.45) is 0 Å². The largest absolute Gasteiger partial charge is 0.495 e. The Hall–Kier alpha value is -3.19. The molecule has 0 radical (unpaired) electrons. The van der Waals surface area contributed by atoms with E-state index in [1.807, 2.05) is 0 Å². The number of halogens is 4. The van der Waals surface area contributed by atoms with Crippen LogP contribution >= 0.6 is 57.4 Å². The molecule has 0 saturated carbocycles. The van der Waals surface area contributed by atoms with Gasteiger partial charge in [0, 0.05) is 12.1 Å². The lowest BCUT2D eigenvalue weighted by molar-refractivity contribution is -0.122. The number of imide groups is 2. The maximum atomic E-state index is 13.5. The van der Waals surface area contributed by atoms with Crippen LogP contribution in [0.5, 0.6) is 23.0 Å². The third-order valence-corrected chi connectivity index (χ3v) is 7.56. The monoisotopic (exact) mass is 716 g/mol. The van der Waals surface area contributed by atoms with E-state index < -0.39 is 17.8 Å². The lowest BCUT2D eigenvalue weighted by Crippen LogP contribution is -2.54. The van der Waals surface area contributed by atoms with Crippen LogP contribution in [0.15, 0.2) is 48.0 Å². The Morgan fingerprint density at radius 2 is 1.55 bits per heavy atom. The van der Waals surface area contributed by atoms with Crippen LogP contribution in [0.3, 0.4) is 0 Å². The fraction of sp³-hybridized carbons (Fsp3) is 0.148. The summed E-state index contributed by atoms with van der Waals surface area (Å²) in [5.74, 6) is -0.589. The normalized spacial score (nSPS) is 14.3. The van der Waals surface area contributed by atoms with Crippen molar-refractivity contribution in [3.63, 3.8) is 0 Å². The number of ether oxygens (including phenoxy) is 4. The number of urea groups is 1. The third-order valence-electron chi connectivity index (χ3n) is 5.73. The minimum absolute atomic E-state index is 0.0443. The predicted molar refractivity (Wildman–Crippen MR) is 160 cm³/mol. The van der Waals surface area contributed by atoms with Gasteiger partial charge in [0.15, 0.2) is 11.5 Å². The Bertz CT molecular complexity index is 1560. The quantitative estimate of drug-likeness (QED) is 0.161. The standard InChI is InChI=1S/C27H20Cl3IN2O7/c1-37-21-11-20(22(38-2)10-18(21)30)33-26(35)15(25(34)32-27(33)36)6-14-8-19(31)24(23(9-14)39-3)40-12-13-4-5-16(28)17(29)7-13/h4-11H,12H2,1-3H3,(H,32,34,36)/b15-6+. The molecule has 9 nitrogen and oxygen atoms in total. The topological polar surface area (TPSA) is 103 Å². The van der Waals surface area contributed by atoms with E-state index in [4.69, 9.17) is 53.8 Å². The van der Waals surface area contributed by atoms with Gasteiger partial charge < -0.3 is 18.9 Å². The zero-order chi connectivity index (χ0) is 29.1. The molecule has 1 fully saturated rings. The van der Waals surface area contributed by atoms with Crippen LogP contribution in [0.25, 0.3) is 6.08 Å². The van der Waals surface area contributed by atoms with Gasteiger partial charge in [-0.1, -0.05) is 40.9 Å². The first-order valence-corrected chi connectivity index (χ1v) is 13.6. The summed E-state index contributed by atoms with van der Waals surface area (Å²) >= 11 is 20.3. The zero-order valence-electron chi connectivity index (χ0n) is 21.1. The number of nitrogens with zero attached hydrogens (tertiary/aromatic N) is 1. The number of hydrogen-bond acceptors (Lipinski definition) is 7. The highest BCUT2D eigenvalue weighted by Gasteiger charge is 2.38. The molecule has 1 aliphatic heterocycles. The van der Waals surface area contributed by atoms with E-state index in [1.54, 1.807) is 30.3 Å². The first-order chi connectivity index (χ1) is 19.1. The number of rotatable bonds is 8. The Morgan fingerprint density at radius 1 is 0.850 bits per heavy atom. The van der Waals surface area contributed by atoms with Crippen LogP contribution in [0.1, 0.15) is 11.1 Å². The number of barbiturate groups is 1. The van der Waals surface area contributed by atoms with Gasteiger partial charge >= 0.3 is 6.03 Å². The predicted octanol–water partition coefficient (Wildman–Crippen LogP) is 6.52. The van der Waals surface area contributed by atoms with E-state index in [-0.39, 0.29) is 34.4 Å². The van der Waals surface area contributed by atoms with Gasteiger partial charge in [0.25, 0.3) is 11.8 Å². The van der Waals surface area contributed by atoms with Gasteiger partial charge in [-0.2, -0.15) is 0 Å². The molecule has 40 heavy (non-hydrogen) atoms. The molecule has 4 rings (SSSR count). The maximum Gasteiger partial charge on any atom is 0.336 e. The number of hydrogen-bond donors (Lipinski definition) is 1. The lowest BCUT2D eigenvalue weighted by atomic mass is 10.1. The summed E-state index contributed by atoms with van der Waals surface area (Å²) in [5.41, 5.74) is 0.999. The summed E-state index contributed by atoms with van der Waals surface area (Å²) in [6.07, 6.45) is 1.35. The van der Waals surface area contributed by atoms with Crippen molar-refractivity contribution in [1.29, 1.82) is 0 Å². The SMILES string of the molecule is COc1cc(N2C(=O)NC(=O)/C(=C\c3cc(I)c(OCc4ccc(Cl)c(Cl)c4)c(OC)c3)C2=O)c(OC)cc1Cl. The van der Waals surface area contributed by atoms with E-state index in [0.29, 0.717) is 30.7 Å². The van der Waals surface area contributed by atoms with Crippen LogP contribution in [0.2, 0.25) is 15.1 Å². The summed E-state index contributed by atoms with van der Waals surface area (Å²) in [7, 11) is 4.21. The average molecular weight is 718 g/mol. The van der Waals surface area contributed by atoms with E-state index in [0.717, 1.165) is 10.5 Å². The van der Waals surface area contributed by atoms with Gasteiger partial charge in [-0.15, -0.1) is 0 Å². The van der Waals surface area contributed by atoms with Gasteiger partial charge in [-0.25, -0.2) is 9.69 Å². The van der Waals surface area contributed by atoms with Crippen LogP contribution in [0, 0.1) is 3.57 Å². The fourth-order valence-electron chi connectivity index (χ4n) is 3.81. The van der Waals surface area contributed by atoms with E-state index >= 15 is 0 Å². The maximum absolute atomic E-state index is 13.5. The number of carbonyl (C=O) groups excluding carboxylic acids is 3. The van der Waals surface area contributed by atoms with Crippen molar-refractivity contribution in [1.82, 2.24) is 5.32 Å². The molecule has 1 saturated heterocycles. The molecule has 0 bridgehead atoms. The molecule has 13 heteroatoms. The Balaban J connectivity index is 1.68. The molecular formula is C27H20Cl3IN2O7. The molecule has 0 atom stereocenters. The summed E-state index contributed by atoms with van der Waals surface area (Å²) in [6, 6.07) is 10.3. The van der Waals surface area contributed by atoms with E-state index in [9.17, 15) is 14.4 Å². The summed E-state index contributed by atoms with van der Waals surface area (Å²) in [4.78, 5) is 39.8. The van der Waals surface area contributed by atoms with Crippen molar-refractivity contribution in [2.75, 3.05) is 26.2 Å². The molecule has 0 aliphatic carbocycles. The molecule has 1 heterocycles. The minimum atomic E-state index is -0.951. The summed E-state index contributed by atoms with van der Waals surface area (Å²) < 4.78 is 22.7. The smallest absolute Gasteiger partial charge is 0.336 e. The van der Waals surface area contributed by atoms with Crippen molar-refractivity contribution in [2.45, 2.75) is 6.61 Å². The molecule has 0 unspecified atom stereocenters. The molecular weight excluding hydrogens is 698 g/mol. The number of anilines is 1. The van der Waals surface area contributed by atoms with Crippen molar-refractivity contribution < 1.29 is 33.3 Å². The number of benzene rings is 3. The second-order valence-electron chi connectivity index (χ2n) is 8.19. The molecule has 3 aromatic carbocycles. The first kappa shape index (κ1) is 29.8. The molecule has 0 spiro atoms. The second-order valence-corrected chi connectivity index (χ2v) is 10.6. The van der Waals surface area contributed by atoms with Gasteiger partial charge in [0.05, 0.1) is 45.7 Å². The van der Waals surface area contributed by atoms with Crippen LogP contribution in [-0.4, -0.2) is 39.2 Å². The third kappa shape index (κ3) is 6.09. The molecule has 0 aromatic heterocycles. The molecule has 1 aliphatic rings. The van der Waals surface area contributed by atoms with Crippen LogP contribution in [-0.2, 0) is 16.2 Å². The van der Waals surface area contributed by atoms with Crippen molar-refractivity contribution in [3.8, 4) is 23.0 Å². The van der Waals surface area contributed by atoms with Crippen LogP contribution < -0.4 is 29.2 Å². The number of amides is 4. The second kappa shape index (κ2) is 12.5. The Morgan fingerprint density at radius 3 is 2.20 bits per heavy atom. The minimum Gasteiger partial charge on any atom is -0.495 e. The van der Waals surface area contributed by atoms with Crippen molar-refractivity contribution in [3.05, 3.63) is 77.8 Å². The van der Waals surface area contributed by atoms with E-state index in [2.05, 4.69) is 27.9 Å². The fourth-order valence-corrected chi connectivity index (χ4v) is 5.14. The summed E-state index contributed by atoms with van der Waals surface area (Å²) in [5, 5.41) is 3.24. The molecule has 3 aromatic rings. The highest BCUT2D eigenvalue weighted by Crippen LogP contribution is 2.40. The molecule has 4 amide bonds. The Kier molecular flexibility index (Phi) is 9.34. The summed E-state index contributed by atoms with van der Waals surface area (Å²) in [6.45, 7) is 0.189. The zero-order valence-corrected chi connectivity index (χ0v) is 25.6. The van der Waals surface area contributed by atoms with Gasteiger partial charge in [-0.05, 0) is 64.1 Å². The van der Waals surface area contributed by atoms with Gasteiger partial charge in [0.2, 0.25) is 0 Å². The Labute approximate surface area is 258 Å². The van der Waals surface area contributed by atoms with Gasteiger partial charge in [-0.3, -0.25) is 14.9 Å². The number of methoxy groups -OCH3 is 3. The van der Waals surface area contributed by atoms with Crippen LogP contribution in [0.4, 0.5) is 10.5 Å². The molecule has 1 N–H and O–H groups in total. The highest BCUT2D eigenvalue weighted by atomic mass is 127. The highest BCUT2D eigenvalue weighted by molar-refractivity contribution is 14.1. The first-order valence-electron chi connectivity index (χ1n) is 11.3.